The zero-order valence-electron chi connectivity index (χ0n) is 10.9. The van der Waals surface area contributed by atoms with Crippen LogP contribution >= 0.6 is 0 Å². The summed E-state index contributed by atoms with van der Waals surface area (Å²) in [6.07, 6.45) is 0. The van der Waals surface area contributed by atoms with E-state index in [4.69, 9.17) is 0 Å². The topological polar surface area (TPSA) is 17.1 Å². The van der Waals surface area contributed by atoms with Crippen LogP contribution in [0.5, 0.6) is 0 Å². The number of carbonyl (C=O) groups is 1. The zero-order chi connectivity index (χ0) is 12.6. The van der Waals surface area contributed by atoms with Gasteiger partial charge in [-0.1, -0.05) is 41.5 Å². The minimum absolute atomic E-state index is 0.161. The molecule has 2 rings (SSSR count). The first-order valence-electron chi connectivity index (χ1n) is 5.98. The average molecular weight is 226 g/mol. The lowest BCUT2D eigenvalue weighted by atomic mass is 9.87. The van der Waals surface area contributed by atoms with Crippen molar-refractivity contribution in [2.75, 3.05) is 0 Å². The van der Waals surface area contributed by atoms with Crippen LogP contribution < -0.4 is 0 Å². The molecule has 0 aliphatic heterocycles. The molecule has 1 aromatic rings. The molecule has 0 fully saturated rings. The van der Waals surface area contributed by atoms with Crippen LogP contribution in [-0.4, -0.2) is 5.78 Å². The van der Waals surface area contributed by atoms with Gasteiger partial charge in [-0.05, 0) is 38.8 Å². The molecule has 0 amide bonds. The molecule has 88 valence electrons. The zero-order valence-corrected chi connectivity index (χ0v) is 10.9. The molecule has 1 aromatic carbocycles. The number of benzene rings is 1. The van der Waals surface area contributed by atoms with E-state index in [0.29, 0.717) is 0 Å². The molecule has 0 spiro atoms. The molecule has 0 aromatic heterocycles. The van der Waals surface area contributed by atoms with Crippen molar-refractivity contribution in [3.8, 4) is 0 Å². The van der Waals surface area contributed by atoms with Crippen molar-refractivity contribution < 1.29 is 4.79 Å². The largest absolute Gasteiger partial charge is 0.289 e. The Bertz CT molecular complexity index is 514. The number of carbonyl (C=O) groups excluding carboxylic acids is 1. The van der Waals surface area contributed by atoms with Gasteiger partial charge in [-0.15, -0.1) is 0 Å². The Morgan fingerprint density at radius 1 is 1.06 bits per heavy atom. The second-order valence-electron chi connectivity index (χ2n) is 4.89. The van der Waals surface area contributed by atoms with E-state index in [9.17, 15) is 4.79 Å². The second kappa shape index (κ2) is 4.33. The number of allylic oxidation sites excluding steroid dienone is 4. The summed E-state index contributed by atoms with van der Waals surface area (Å²) in [5.74, 6) is 0.380. The summed E-state index contributed by atoms with van der Waals surface area (Å²) < 4.78 is 0. The van der Waals surface area contributed by atoms with Crippen molar-refractivity contribution in [2.24, 2.45) is 0 Å². The molecule has 1 nitrogen and oxygen atoms in total. The summed E-state index contributed by atoms with van der Waals surface area (Å²) in [4.78, 5) is 12.2. The Morgan fingerprint density at radius 3 is 2.18 bits per heavy atom. The van der Waals surface area contributed by atoms with Crippen LogP contribution in [0.3, 0.4) is 0 Å². The number of hydrogen-bond donors (Lipinski definition) is 0. The van der Waals surface area contributed by atoms with E-state index in [1.54, 1.807) is 0 Å². The molecule has 1 unspecified atom stereocenters. The standard InChI is InChI=1S/C16H18O/c1-10(2)14-15(11(3)12(4)16(14)17)13-8-6-5-7-9-13/h5-9,15H,1-4H3. The van der Waals surface area contributed by atoms with Gasteiger partial charge >= 0.3 is 0 Å². The number of rotatable bonds is 1. The van der Waals surface area contributed by atoms with Crippen molar-refractivity contribution in [1.29, 1.82) is 0 Å². The highest BCUT2D eigenvalue weighted by Gasteiger charge is 2.33. The molecule has 0 heterocycles. The van der Waals surface area contributed by atoms with Crippen LogP contribution in [0, 0.1) is 0 Å². The van der Waals surface area contributed by atoms with Crippen LogP contribution in [0.25, 0.3) is 0 Å². The molecule has 1 atom stereocenters. The predicted molar refractivity (Wildman–Crippen MR) is 70.9 cm³/mol. The first kappa shape index (κ1) is 11.8. The predicted octanol–water partition coefficient (Wildman–Crippen LogP) is 4.03. The number of Topliss-reactive ketones (excluding diaryl/α,β-unsaturated/α-hetero) is 1. The highest BCUT2D eigenvalue weighted by Crippen LogP contribution is 2.42. The van der Waals surface area contributed by atoms with Gasteiger partial charge in [0.15, 0.2) is 5.78 Å². The van der Waals surface area contributed by atoms with Gasteiger partial charge in [0.05, 0.1) is 0 Å². The molecular formula is C16H18O. The Labute approximate surface area is 103 Å². The van der Waals surface area contributed by atoms with Crippen LogP contribution in [0.15, 0.2) is 52.6 Å². The van der Waals surface area contributed by atoms with Gasteiger partial charge in [0, 0.05) is 11.5 Å². The molecule has 1 heteroatoms. The first-order chi connectivity index (χ1) is 8.04. The Morgan fingerprint density at radius 2 is 1.65 bits per heavy atom. The minimum atomic E-state index is 0.161. The van der Waals surface area contributed by atoms with E-state index in [0.717, 1.165) is 16.7 Å². The van der Waals surface area contributed by atoms with E-state index >= 15 is 0 Å². The molecule has 17 heavy (non-hydrogen) atoms. The maximum absolute atomic E-state index is 12.2. The monoisotopic (exact) mass is 226 g/mol. The fourth-order valence-electron chi connectivity index (χ4n) is 2.52. The second-order valence-corrected chi connectivity index (χ2v) is 4.89. The van der Waals surface area contributed by atoms with Crippen molar-refractivity contribution >= 4 is 5.78 Å². The number of ketones is 1. The van der Waals surface area contributed by atoms with Crippen LogP contribution in [0.2, 0.25) is 0 Å². The third-order valence-corrected chi connectivity index (χ3v) is 3.57. The van der Waals surface area contributed by atoms with Crippen molar-refractivity contribution in [3.05, 3.63) is 58.2 Å². The summed E-state index contributed by atoms with van der Waals surface area (Å²) in [6, 6.07) is 10.3. The maximum Gasteiger partial charge on any atom is 0.185 e. The minimum Gasteiger partial charge on any atom is -0.289 e. The lowest BCUT2D eigenvalue weighted by Crippen LogP contribution is -2.05. The van der Waals surface area contributed by atoms with Gasteiger partial charge in [-0.25, -0.2) is 0 Å². The Kier molecular flexibility index (Phi) is 3.01. The van der Waals surface area contributed by atoms with Crippen molar-refractivity contribution in [2.45, 2.75) is 33.6 Å². The van der Waals surface area contributed by atoms with Gasteiger partial charge in [-0.2, -0.15) is 0 Å². The lowest BCUT2D eigenvalue weighted by molar-refractivity contribution is -0.112. The van der Waals surface area contributed by atoms with Crippen LogP contribution in [0.4, 0.5) is 0 Å². The molecule has 0 N–H and O–H groups in total. The molecule has 0 bridgehead atoms. The van der Waals surface area contributed by atoms with Crippen LogP contribution in [-0.2, 0) is 4.79 Å². The highest BCUT2D eigenvalue weighted by atomic mass is 16.1. The third-order valence-electron chi connectivity index (χ3n) is 3.57. The van der Waals surface area contributed by atoms with Gasteiger partial charge < -0.3 is 0 Å². The molecule has 1 aliphatic carbocycles. The molecular weight excluding hydrogens is 208 g/mol. The van der Waals surface area contributed by atoms with E-state index in [1.165, 1.54) is 11.1 Å². The molecule has 0 radical (unpaired) electrons. The van der Waals surface area contributed by atoms with E-state index in [2.05, 4.69) is 19.1 Å². The smallest absolute Gasteiger partial charge is 0.185 e. The summed E-state index contributed by atoms with van der Waals surface area (Å²) in [5, 5.41) is 0. The van der Waals surface area contributed by atoms with Gasteiger partial charge in [0.1, 0.15) is 0 Å². The summed E-state index contributed by atoms with van der Waals surface area (Å²) in [5.41, 5.74) is 5.41. The molecule has 1 aliphatic rings. The molecule has 0 saturated carbocycles. The summed E-state index contributed by atoms with van der Waals surface area (Å²) in [6.45, 7) is 8.05. The van der Waals surface area contributed by atoms with E-state index < -0.39 is 0 Å². The van der Waals surface area contributed by atoms with Crippen molar-refractivity contribution in [3.63, 3.8) is 0 Å². The maximum atomic E-state index is 12.2. The Hall–Kier alpha value is -1.63. The van der Waals surface area contributed by atoms with Crippen molar-refractivity contribution in [1.82, 2.24) is 0 Å². The van der Waals surface area contributed by atoms with Gasteiger partial charge in [-0.3, -0.25) is 4.79 Å². The highest BCUT2D eigenvalue weighted by molar-refractivity contribution is 6.13. The normalized spacial score (nSPS) is 20.1. The Balaban J connectivity index is 2.60. The van der Waals surface area contributed by atoms with Gasteiger partial charge in [0.25, 0.3) is 0 Å². The SMILES string of the molecule is CC(C)=C1C(=O)C(C)=C(C)C1c1ccccc1. The van der Waals surface area contributed by atoms with E-state index in [1.807, 2.05) is 39.0 Å². The number of hydrogen-bond acceptors (Lipinski definition) is 1. The first-order valence-corrected chi connectivity index (χ1v) is 5.98. The van der Waals surface area contributed by atoms with E-state index in [-0.39, 0.29) is 11.7 Å². The third kappa shape index (κ3) is 1.86. The quantitative estimate of drug-likeness (QED) is 0.661. The van der Waals surface area contributed by atoms with Gasteiger partial charge in [0.2, 0.25) is 0 Å². The summed E-state index contributed by atoms with van der Waals surface area (Å²) in [7, 11) is 0. The van der Waals surface area contributed by atoms with Crippen LogP contribution in [0.1, 0.15) is 39.2 Å². The average Bonchev–Trinajstić information content (AvgIpc) is 2.55. The fourth-order valence-corrected chi connectivity index (χ4v) is 2.52. The fraction of sp³-hybridized carbons (Fsp3) is 0.312. The summed E-state index contributed by atoms with van der Waals surface area (Å²) >= 11 is 0. The lowest BCUT2D eigenvalue weighted by Gasteiger charge is -2.15. The molecule has 0 saturated heterocycles.